The van der Waals surface area contributed by atoms with E-state index in [9.17, 15) is 13.2 Å². The van der Waals surface area contributed by atoms with Crippen molar-refractivity contribution in [2.24, 2.45) is 0 Å². The van der Waals surface area contributed by atoms with E-state index in [0.717, 1.165) is 19.5 Å². The molecular formula is C25H29N3O3S. The van der Waals surface area contributed by atoms with E-state index in [1.807, 2.05) is 24.3 Å². The van der Waals surface area contributed by atoms with Crippen molar-refractivity contribution in [1.29, 1.82) is 0 Å². The molecule has 32 heavy (non-hydrogen) atoms. The van der Waals surface area contributed by atoms with Gasteiger partial charge in [-0.1, -0.05) is 48.5 Å². The monoisotopic (exact) mass is 451 g/mol. The van der Waals surface area contributed by atoms with Crippen molar-refractivity contribution in [1.82, 2.24) is 10.2 Å². The molecule has 0 spiro atoms. The average molecular weight is 452 g/mol. The lowest BCUT2D eigenvalue weighted by Crippen LogP contribution is -2.28. The van der Waals surface area contributed by atoms with Gasteiger partial charge in [0.2, 0.25) is 0 Å². The van der Waals surface area contributed by atoms with Gasteiger partial charge in [0, 0.05) is 25.7 Å². The maximum Gasteiger partial charge on any atom is 0.264 e. The number of amides is 1. The van der Waals surface area contributed by atoms with Crippen LogP contribution in [-0.4, -0.2) is 46.4 Å². The van der Waals surface area contributed by atoms with Crippen molar-refractivity contribution >= 4 is 21.6 Å². The van der Waals surface area contributed by atoms with E-state index in [2.05, 4.69) is 29.4 Å². The third kappa shape index (κ3) is 6.18. The topological polar surface area (TPSA) is 69.7 Å². The Balaban J connectivity index is 1.49. The smallest absolute Gasteiger partial charge is 0.264 e. The van der Waals surface area contributed by atoms with Gasteiger partial charge in [0.25, 0.3) is 15.9 Å². The molecule has 1 N–H and O–H groups in total. The lowest BCUT2D eigenvalue weighted by Gasteiger charge is -2.19. The van der Waals surface area contributed by atoms with Gasteiger partial charge in [-0.15, -0.1) is 0 Å². The molecule has 1 amide bonds. The molecule has 0 radical (unpaired) electrons. The number of carbonyl (C=O) groups excluding carboxylic acids is 1. The molecule has 3 aromatic carbocycles. The highest BCUT2D eigenvalue weighted by Gasteiger charge is 2.21. The van der Waals surface area contributed by atoms with Crippen LogP contribution in [0, 0.1) is 0 Å². The van der Waals surface area contributed by atoms with E-state index in [1.54, 1.807) is 36.4 Å². The van der Waals surface area contributed by atoms with Gasteiger partial charge in [0.15, 0.2) is 0 Å². The summed E-state index contributed by atoms with van der Waals surface area (Å²) in [4.78, 5) is 14.8. The number of nitrogens with zero attached hydrogens (tertiary/aromatic N) is 2. The summed E-state index contributed by atoms with van der Waals surface area (Å²) >= 11 is 0. The average Bonchev–Trinajstić information content (AvgIpc) is 2.82. The van der Waals surface area contributed by atoms with Crippen molar-refractivity contribution in [2.75, 3.05) is 31.5 Å². The quantitative estimate of drug-likeness (QED) is 0.477. The van der Waals surface area contributed by atoms with Crippen molar-refractivity contribution < 1.29 is 13.2 Å². The van der Waals surface area contributed by atoms with Crippen LogP contribution in [0.1, 0.15) is 22.3 Å². The molecule has 0 saturated heterocycles. The van der Waals surface area contributed by atoms with Crippen molar-refractivity contribution in [3.8, 4) is 0 Å². The molecule has 168 valence electrons. The molecule has 0 saturated carbocycles. The summed E-state index contributed by atoms with van der Waals surface area (Å²) in [7, 11) is -0.125. The highest BCUT2D eigenvalue weighted by atomic mass is 32.2. The van der Waals surface area contributed by atoms with Gasteiger partial charge in [0.1, 0.15) is 0 Å². The third-order valence-electron chi connectivity index (χ3n) is 5.19. The van der Waals surface area contributed by atoms with E-state index < -0.39 is 10.0 Å². The summed E-state index contributed by atoms with van der Waals surface area (Å²) in [5, 5.41) is 2.90. The first-order valence-corrected chi connectivity index (χ1v) is 12.0. The predicted molar refractivity (Wildman–Crippen MR) is 128 cm³/mol. The van der Waals surface area contributed by atoms with Gasteiger partial charge >= 0.3 is 0 Å². The van der Waals surface area contributed by atoms with Gasteiger partial charge in [-0.25, -0.2) is 8.42 Å². The molecule has 0 bridgehead atoms. The molecule has 0 aliphatic carbocycles. The highest BCUT2D eigenvalue weighted by molar-refractivity contribution is 7.92. The maximum absolute atomic E-state index is 12.8. The number of para-hydroxylation sites is 1. The molecule has 0 fully saturated rings. The van der Waals surface area contributed by atoms with Gasteiger partial charge < -0.3 is 10.2 Å². The van der Waals surface area contributed by atoms with Gasteiger partial charge in [-0.2, -0.15) is 0 Å². The summed E-state index contributed by atoms with van der Waals surface area (Å²) in [6, 6.07) is 25.1. The summed E-state index contributed by atoms with van der Waals surface area (Å²) in [6.07, 6.45) is 0.823. The molecule has 6 nitrogen and oxygen atoms in total. The fraction of sp³-hybridized carbons (Fsp3) is 0.240. The van der Waals surface area contributed by atoms with E-state index in [1.165, 1.54) is 29.0 Å². The van der Waals surface area contributed by atoms with Crippen LogP contribution in [-0.2, 0) is 16.6 Å². The summed E-state index contributed by atoms with van der Waals surface area (Å²) in [5.41, 5.74) is 2.27. The van der Waals surface area contributed by atoms with Crippen LogP contribution in [0.5, 0.6) is 0 Å². The SMILES string of the molecule is CN(CCCNC(=O)c1ccc(S(=O)(=O)N(C)c2ccccc2)cc1)Cc1ccccc1. The fourth-order valence-corrected chi connectivity index (χ4v) is 4.54. The molecule has 0 unspecified atom stereocenters. The summed E-state index contributed by atoms with van der Waals surface area (Å²) in [6.45, 7) is 2.27. The number of sulfonamides is 1. The molecule has 0 atom stereocenters. The molecule has 3 rings (SSSR count). The minimum absolute atomic E-state index is 0.142. The van der Waals surface area contributed by atoms with Gasteiger partial charge in [0.05, 0.1) is 10.6 Å². The standard InChI is InChI=1S/C25H29N3O3S/c1-27(20-21-10-5-3-6-11-21)19-9-18-26-25(29)22-14-16-24(17-15-22)32(30,31)28(2)23-12-7-4-8-13-23/h3-8,10-17H,9,18-20H2,1-2H3,(H,26,29). The predicted octanol–water partition coefficient (Wildman–Crippen LogP) is 3.76. The lowest BCUT2D eigenvalue weighted by atomic mass is 10.2. The first-order chi connectivity index (χ1) is 15.4. The first kappa shape index (κ1) is 23.5. The summed E-state index contributed by atoms with van der Waals surface area (Å²) < 4.78 is 26.9. The number of rotatable bonds is 10. The van der Waals surface area contributed by atoms with Crippen molar-refractivity contribution in [3.05, 3.63) is 96.1 Å². The second kappa shape index (κ2) is 10.9. The molecular weight excluding hydrogens is 422 g/mol. The van der Waals surface area contributed by atoms with E-state index in [0.29, 0.717) is 17.8 Å². The number of anilines is 1. The lowest BCUT2D eigenvalue weighted by molar-refractivity contribution is 0.0951. The second-order valence-electron chi connectivity index (χ2n) is 7.67. The van der Waals surface area contributed by atoms with E-state index in [4.69, 9.17) is 0 Å². The Bertz CT molecular complexity index is 1100. The Morgan fingerprint density at radius 3 is 2.06 bits per heavy atom. The molecule has 0 aliphatic heterocycles. The van der Waals surface area contributed by atoms with E-state index in [-0.39, 0.29) is 10.8 Å². The normalized spacial score (nSPS) is 11.3. The molecule has 3 aromatic rings. The van der Waals surface area contributed by atoms with Crippen LogP contribution in [0.25, 0.3) is 0 Å². The zero-order chi connectivity index (χ0) is 23.0. The Kier molecular flexibility index (Phi) is 8.03. The first-order valence-electron chi connectivity index (χ1n) is 10.5. The number of hydrogen-bond acceptors (Lipinski definition) is 4. The number of benzene rings is 3. The molecule has 0 aromatic heterocycles. The zero-order valence-corrected chi connectivity index (χ0v) is 19.3. The zero-order valence-electron chi connectivity index (χ0n) is 18.4. The highest BCUT2D eigenvalue weighted by Crippen LogP contribution is 2.21. The number of carbonyl (C=O) groups is 1. The van der Waals surface area contributed by atoms with Crippen LogP contribution in [0.2, 0.25) is 0 Å². The fourth-order valence-electron chi connectivity index (χ4n) is 3.34. The molecule has 0 aliphatic rings. The van der Waals surface area contributed by atoms with Crippen molar-refractivity contribution in [2.45, 2.75) is 17.9 Å². The molecule has 0 heterocycles. The maximum atomic E-state index is 12.8. The van der Waals surface area contributed by atoms with Crippen LogP contribution in [0.4, 0.5) is 5.69 Å². The second-order valence-corrected chi connectivity index (χ2v) is 9.63. The Labute approximate surface area is 190 Å². The van der Waals surface area contributed by atoms with Crippen molar-refractivity contribution in [3.63, 3.8) is 0 Å². The molecule has 7 heteroatoms. The number of nitrogens with one attached hydrogen (secondary N) is 1. The minimum Gasteiger partial charge on any atom is -0.352 e. The summed E-state index contributed by atoms with van der Waals surface area (Å²) in [5.74, 6) is -0.212. The van der Waals surface area contributed by atoms with Gasteiger partial charge in [-0.05, 0) is 62.0 Å². The Morgan fingerprint density at radius 1 is 0.844 bits per heavy atom. The minimum atomic E-state index is -3.69. The van der Waals surface area contributed by atoms with Crippen LogP contribution < -0.4 is 9.62 Å². The largest absolute Gasteiger partial charge is 0.352 e. The van der Waals surface area contributed by atoms with E-state index >= 15 is 0 Å². The third-order valence-corrected chi connectivity index (χ3v) is 6.99. The van der Waals surface area contributed by atoms with Crippen LogP contribution >= 0.6 is 0 Å². The number of hydrogen-bond donors (Lipinski definition) is 1. The van der Waals surface area contributed by atoms with Gasteiger partial charge in [-0.3, -0.25) is 9.10 Å². The Morgan fingerprint density at radius 2 is 1.44 bits per heavy atom. The van der Waals surface area contributed by atoms with Crippen LogP contribution in [0.3, 0.4) is 0 Å². The van der Waals surface area contributed by atoms with Crippen LogP contribution in [0.15, 0.2) is 89.8 Å². The Hall–Kier alpha value is -3.16.